The fourth-order valence-electron chi connectivity index (χ4n) is 3.32. The third-order valence-corrected chi connectivity index (χ3v) is 4.22. The first kappa shape index (κ1) is 15.3. The molecule has 2 rings (SSSR count). The number of ether oxygens (including phenoxy) is 3. The monoisotopic (exact) mass is 270 g/mol. The van der Waals surface area contributed by atoms with Crippen molar-refractivity contribution in [2.75, 3.05) is 26.4 Å². The summed E-state index contributed by atoms with van der Waals surface area (Å²) in [7, 11) is 0. The fraction of sp³-hybridized carbons (Fsp3) is 1.00. The summed E-state index contributed by atoms with van der Waals surface area (Å²) in [6.07, 6.45) is 8.20. The van der Waals surface area contributed by atoms with E-state index < -0.39 is 0 Å². The quantitative estimate of drug-likeness (QED) is 0.740. The minimum atomic E-state index is 0.323. The van der Waals surface area contributed by atoms with Crippen molar-refractivity contribution in [2.24, 2.45) is 11.8 Å². The van der Waals surface area contributed by atoms with Gasteiger partial charge < -0.3 is 14.2 Å². The SMILES string of the molecule is CC(C)CC1CCOC(CCCC2COCCO2)C1. The Morgan fingerprint density at radius 1 is 1.00 bits per heavy atom. The first-order chi connectivity index (χ1) is 9.24. The number of hydrogen-bond acceptors (Lipinski definition) is 3. The van der Waals surface area contributed by atoms with Crippen LogP contribution in [0.5, 0.6) is 0 Å². The minimum Gasteiger partial charge on any atom is -0.378 e. The zero-order valence-electron chi connectivity index (χ0n) is 12.6. The van der Waals surface area contributed by atoms with E-state index >= 15 is 0 Å². The van der Waals surface area contributed by atoms with Crippen LogP contribution in [-0.4, -0.2) is 38.6 Å². The van der Waals surface area contributed by atoms with Gasteiger partial charge in [0.2, 0.25) is 0 Å². The van der Waals surface area contributed by atoms with E-state index in [0.29, 0.717) is 12.2 Å². The molecule has 3 atom stereocenters. The lowest BCUT2D eigenvalue weighted by molar-refractivity contribution is -0.0930. The van der Waals surface area contributed by atoms with E-state index in [4.69, 9.17) is 14.2 Å². The highest BCUT2D eigenvalue weighted by Gasteiger charge is 2.23. The molecule has 0 saturated carbocycles. The molecule has 0 radical (unpaired) electrons. The molecular formula is C16H30O3. The van der Waals surface area contributed by atoms with Gasteiger partial charge >= 0.3 is 0 Å². The number of rotatable bonds is 6. The van der Waals surface area contributed by atoms with Gasteiger partial charge in [-0.15, -0.1) is 0 Å². The van der Waals surface area contributed by atoms with Gasteiger partial charge in [-0.25, -0.2) is 0 Å². The maximum absolute atomic E-state index is 5.91. The molecule has 0 aliphatic carbocycles. The van der Waals surface area contributed by atoms with Gasteiger partial charge in [-0.05, 0) is 50.4 Å². The van der Waals surface area contributed by atoms with Gasteiger partial charge in [-0.1, -0.05) is 13.8 Å². The fourth-order valence-corrected chi connectivity index (χ4v) is 3.32. The minimum absolute atomic E-state index is 0.323. The van der Waals surface area contributed by atoms with Crippen molar-refractivity contribution in [1.82, 2.24) is 0 Å². The first-order valence-electron chi connectivity index (χ1n) is 8.05. The highest BCUT2D eigenvalue weighted by atomic mass is 16.6. The van der Waals surface area contributed by atoms with Crippen LogP contribution < -0.4 is 0 Å². The van der Waals surface area contributed by atoms with Gasteiger partial charge in [0, 0.05) is 6.61 Å². The van der Waals surface area contributed by atoms with Crippen molar-refractivity contribution in [1.29, 1.82) is 0 Å². The summed E-state index contributed by atoms with van der Waals surface area (Å²) in [4.78, 5) is 0. The lowest BCUT2D eigenvalue weighted by Gasteiger charge is -2.31. The van der Waals surface area contributed by atoms with Crippen LogP contribution in [0.25, 0.3) is 0 Å². The standard InChI is InChI=1S/C16H30O3/c1-13(2)10-14-6-7-18-15(11-14)4-3-5-16-12-17-8-9-19-16/h13-16H,3-12H2,1-2H3. The topological polar surface area (TPSA) is 27.7 Å². The van der Waals surface area contributed by atoms with Gasteiger partial charge in [0.1, 0.15) is 0 Å². The molecule has 3 nitrogen and oxygen atoms in total. The second-order valence-electron chi connectivity index (χ2n) is 6.51. The Hall–Kier alpha value is -0.120. The van der Waals surface area contributed by atoms with E-state index in [2.05, 4.69) is 13.8 Å². The summed E-state index contributed by atoms with van der Waals surface area (Å²) in [6, 6.07) is 0. The van der Waals surface area contributed by atoms with Crippen molar-refractivity contribution in [3.8, 4) is 0 Å². The summed E-state index contributed by atoms with van der Waals surface area (Å²) in [5.74, 6) is 1.70. The van der Waals surface area contributed by atoms with E-state index in [9.17, 15) is 0 Å². The zero-order chi connectivity index (χ0) is 13.5. The molecule has 0 aromatic carbocycles. The summed E-state index contributed by atoms with van der Waals surface area (Å²) in [6.45, 7) is 7.92. The summed E-state index contributed by atoms with van der Waals surface area (Å²) >= 11 is 0. The second kappa shape index (κ2) is 8.23. The molecule has 0 amide bonds. The van der Waals surface area contributed by atoms with Crippen LogP contribution >= 0.6 is 0 Å². The van der Waals surface area contributed by atoms with Crippen LogP contribution in [0.3, 0.4) is 0 Å². The molecule has 2 fully saturated rings. The molecule has 3 unspecified atom stereocenters. The van der Waals surface area contributed by atoms with E-state index in [1.165, 1.54) is 32.1 Å². The van der Waals surface area contributed by atoms with Crippen LogP contribution in [0.2, 0.25) is 0 Å². The van der Waals surface area contributed by atoms with Crippen LogP contribution in [-0.2, 0) is 14.2 Å². The zero-order valence-corrected chi connectivity index (χ0v) is 12.6. The third kappa shape index (κ3) is 5.80. The predicted molar refractivity (Wildman–Crippen MR) is 76.3 cm³/mol. The maximum atomic E-state index is 5.91. The molecule has 0 bridgehead atoms. The van der Waals surface area contributed by atoms with Crippen molar-refractivity contribution in [3.63, 3.8) is 0 Å². The second-order valence-corrected chi connectivity index (χ2v) is 6.51. The Morgan fingerprint density at radius 3 is 2.53 bits per heavy atom. The van der Waals surface area contributed by atoms with Crippen LogP contribution in [0.15, 0.2) is 0 Å². The average molecular weight is 270 g/mol. The summed E-state index contributed by atoms with van der Waals surface area (Å²) in [5.41, 5.74) is 0. The van der Waals surface area contributed by atoms with Gasteiger partial charge in [0.15, 0.2) is 0 Å². The molecule has 0 spiro atoms. The molecule has 3 heteroatoms. The first-order valence-corrected chi connectivity index (χ1v) is 8.05. The third-order valence-electron chi connectivity index (χ3n) is 4.22. The molecular weight excluding hydrogens is 240 g/mol. The number of hydrogen-bond donors (Lipinski definition) is 0. The molecule has 2 heterocycles. The Kier molecular flexibility index (Phi) is 6.62. The van der Waals surface area contributed by atoms with E-state index in [1.807, 2.05) is 0 Å². The van der Waals surface area contributed by atoms with Gasteiger partial charge in [0.05, 0.1) is 32.0 Å². The Balaban J connectivity index is 1.59. The highest BCUT2D eigenvalue weighted by Crippen LogP contribution is 2.28. The van der Waals surface area contributed by atoms with E-state index in [1.54, 1.807) is 0 Å². The maximum Gasteiger partial charge on any atom is 0.0809 e. The van der Waals surface area contributed by atoms with Crippen LogP contribution in [0.1, 0.15) is 52.4 Å². The smallest absolute Gasteiger partial charge is 0.0809 e. The Bertz CT molecular complexity index is 236. The molecule has 112 valence electrons. The van der Waals surface area contributed by atoms with Crippen molar-refractivity contribution < 1.29 is 14.2 Å². The molecule has 2 saturated heterocycles. The van der Waals surface area contributed by atoms with Gasteiger partial charge in [-0.2, -0.15) is 0 Å². The van der Waals surface area contributed by atoms with Crippen molar-refractivity contribution >= 4 is 0 Å². The predicted octanol–water partition coefficient (Wildman–Crippen LogP) is 3.41. The van der Waals surface area contributed by atoms with Crippen molar-refractivity contribution in [3.05, 3.63) is 0 Å². The van der Waals surface area contributed by atoms with E-state index in [0.717, 1.165) is 44.7 Å². The lowest BCUT2D eigenvalue weighted by atomic mass is 9.86. The van der Waals surface area contributed by atoms with Crippen LogP contribution in [0, 0.1) is 11.8 Å². The van der Waals surface area contributed by atoms with E-state index in [-0.39, 0.29) is 0 Å². The molecule has 0 N–H and O–H groups in total. The Morgan fingerprint density at radius 2 is 1.79 bits per heavy atom. The molecule has 0 aromatic heterocycles. The molecule has 0 aromatic rings. The normalized spacial score (nSPS) is 32.7. The molecule has 2 aliphatic heterocycles. The lowest BCUT2D eigenvalue weighted by Crippen LogP contribution is -2.29. The largest absolute Gasteiger partial charge is 0.378 e. The average Bonchev–Trinajstić information content (AvgIpc) is 2.40. The summed E-state index contributed by atoms with van der Waals surface area (Å²) in [5, 5.41) is 0. The van der Waals surface area contributed by atoms with Crippen LogP contribution in [0.4, 0.5) is 0 Å². The molecule has 19 heavy (non-hydrogen) atoms. The van der Waals surface area contributed by atoms with Gasteiger partial charge in [-0.3, -0.25) is 0 Å². The summed E-state index contributed by atoms with van der Waals surface area (Å²) < 4.78 is 17.0. The molecule has 2 aliphatic rings. The van der Waals surface area contributed by atoms with Crippen molar-refractivity contribution in [2.45, 2.75) is 64.6 Å². The highest BCUT2D eigenvalue weighted by molar-refractivity contribution is 4.73. The van der Waals surface area contributed by atoms with Gasteiger partial charge in [0.25, 0.3) is 0 Å². The Labute approximate surface area is 118 Å².